The minimum absolute atomic E-state index is 0.243. The molecule has 4 nitrogen and oxygen atoms in total. The number of amides is 1. The Kier molecular flexibility index (Phi) is 3.71. The summed E-state index contributed by atoms with van der Waals surface area (Å²) in [6.07, 6.45) is 0. The van der Waals surface area contributed by atoms with Crippen molar-refractivity contribution in [1.29, 1.82) is 0 Å². The lowest BCUT2D eigenvalue weighted by Gasteiger charge is -2.05. The van der Waals surface area contributed by atoms with Gasteiger partial charge in [0.2, 0.25) is 0 Å². The molecule has 4 heteroatoms. The van der Waals surface area contributed by atoms with Crippen molar-refractivity contribution in [3.8, 4) is 0 Å². The highest BCUT2D eigenvalue weighted by Gasteiger charge is 2.12. The molecule has 0 unspecified atom stereocenters. The van der Waals surface area contributed by atoms with Gasteiger partial charge in [0.25, 0.3) is 5.91 Å². The van der Waals surface area contributed by atoms with Gasteiger partial charge in [-0.25, -0.2) is 0 Å². The minimum Gasteiger partial charge on any atom is -0.451 e. The first kappa shape index (κ1) is 13.4. The number of carbonyl (C=O) groups is 1. The quantitative estimate of drug-likeness (QED) is 0.770. The van der Waals surface area contributed by atoms with Crippen LogP contribution in [0.4, 0.5) is 5.69 Å². The summed E-state index contributed by atoms with van der Waals surface area (Å²) in [5, 5.41) is 6.86. The summed E-state index contributed by atoms with van der Waals surface area (Å²) in [5.41, 5.74) is 2.58. The maximum Gasteiger partial charge on any atom is 0.291 e. The van der Waals surface area contributed by atoms with Crippen molar-refractivity contribution in [2.24, 2.45) is 0 Å². The molecule has 0 fully saturated rings. The zero-order valence-electron chi connectivity index (χ0n) is 11.7. The number of para-hydroxylation sites is 1. The third-order valence-electron chi connectivity index (χ3n) is 3.22. The fourth-order valence-electron chi connectivity index (χ4n) is 2.25. The van der Waals surface area contributed by atoms with E-state index in [9.17, 15) is 4.79 Å². The summed E-state index contributed by atoms with van der Waals surface area (Å²) in [6.45, 7) is 0.758. The van der Waals surface area contributed by atoms with E-state index in [0.29, 0.717) is 11.3 Å². The minimum atomic E-state index is -0.243. The fraction of sp³-hybridized carbons (Fsp3) is 0.118. The highest BCUT2D eigenvalue weighted by atomic mass is 16.3. The van der Waals surface area contributed by atoms with Crippen LogP contribution in [0.25, 0.3) is 11.0 Å². The van der Waals surface area contributed by atoms with Crippen molar-refractivity contribution in [1.82, 2.24) is 5.32 Å². The number of anilines is 1. The lowest BCUT2D eigenvalue weighted by Crippen LogP contribution is -2.11. The number of hydrogen-bond donors (Lipinski definition) is 2. The Hall–Kier alpha value is -2.59. The van der Waals surface area contributed by atoms with Gasteiger partial charge in [0, 0.05) is 17.6 Å². The molecule has 0 bridgehead atoms. The lowest BCUT2D eigenvalue weighted by atomic mass is 10.2. The summed E-state index contributed by atoms with van der Waals surface area (Å²) < 4.78 is 5.56. The van der Waals surface area contributed by atoms with Crippen molar-refractivity contribution in [3.63, 3.8) is 0 Å². The molecule has 1 amide bonds. The van der Waals surface area contributed by atoms with Crippen molar-refractivity contribution >= 4 is 22.6 Å². The average molecular weight is 280 g/mol. The number of carbonyl (C=O) groups excluding carboxylic acids is 1. The van der Waals surface area contributed by atoms with Gasteiger partial charge in [-0.05, 0) is 36.9 Å². The van der Waals surface area contributed by atoms with E-state index in [1.807, 2.05) is 55.6 Å². The van der Waals surface area contributed by atoms with Crippen LogP contribution in [0.3, 0.4) is 0 Å². The molecule has 1 heterocycles. The van der Waals surface area contributed by atoms with E-state index in [1.165, 1.54) is 0 Å². The van der Waals surface area contributed by atoms with Crippen LogP contribution in [0, 0.1) is 0 Å². The molecule has 0 saturated carbocycles. The van der Waals surface area contributed by atoms with Crippen molar-refractivity contribution < 1.29 is 9.21 Å². The molecular formula is C17H16N2O2. The first-order chi connectivity index (χ1) is 10.3. The van der Waals surface area contributed by atoms with E-state index in [2.05, 4.69) is 10.6 Å². The maximum absolute atomic E-state index is 12.2. The topological polar surface area (TPSA) is 54.3 Å². The van der Waals surface area contributed by atoms with Crippen molar-refractivity contribution in [2.45, 2.75) is 6.54 Å². The molecule has 0 saturated heterocycles. The number of rotatable bonds is 4. The summed E-state index contributed by atoms with van der Waals surface area (Å²) in [5.74, 6) is 0.0722. The Labute approximate surface area is 122 Å². The molecule has 0 aliphatic carbocycles. The fourth-order valence-corrected chi connectivity index (χ4v) is 2.25. The number of nitrogens with one attached hydrogen (secondary N) is 2. The van der Waals surface area contributed by atoms with Crippen LogP contribution in [0.15, 0.2) is 59.0 Å². The standard InChI is InChI=1S/C17H16N2O2/c1-18-11-12-5-4-7-14(9-12)19-17(20)16-10-13-6-2-3-8-15(13)21-16/h2-10,18H,11H2,1H3,(H,19,20). The molecule has 0 atom stereocenters. The van der Waals surface area contributed by atoms with Crippen LogP contribution in [0.1, 0.15) is 16.1 Å². The first-order valence-electron chi connectivity index (χ1n) is 6.80. The van der Waals surface area contributed by atoms with Gasteiger partial charge in [-0.15, -0.1) is 0 Å². The molecule has 0 aliphatic rings. The predicted octanol–water partition coefficient (Wildman–Crippen LogP) is 3.40. The molecule has 0 radical (unpaired) electrons. The van der Waals surface area contributed by atoms with E-state index in [0.717, 1.165) is 23.2 Å². The molecule has 21 heavy (non-hydrogen) atoms. The second-order valence-electron chi connectivity index (χ2n) is 4.83. The molecule has 1 aromatic heterocycles. The first-order valence-corrected chi connectivity index (χ1v) is 6.80. The van der Waals surface area contributed by atoms with Crippen LogP contribution >= 0.6 is 0 Å². The zero-order chi connectivity index (χ0) is 14.7. The second-order valence-corrected chi connectivity index (χ2v) is 4.83. The molecule has 0 aliphatic heterocycles. The molecule has 106 valence electrons. The van der Waals surface area contributed by atoms with E-state index in [1.54, 1.807) is 6.07 Å². The second kappa shape index (κ2) is 5.81. The van der Waals surface area contributed by atoms with E-state index < -0.39 is 0 Å². The number of fused-ring (bicyclic) bond motifs is 1. The van der Waals surface area contributed by atoms with Gasteiger partial charge in [0.05, 0.1) is 0 Å². The maximum atomic E-state index is 12.2. The van der Waals surface area contributed by atoms with Gasteiger partial charge in [-0.3, -0.25) is 4.79 Å². The van der Waals surface area contributed by atoms with Gasteiger partial charge in [-0.2, -0.15) is 0 Å². The predicted molar refractivity (Wildman–Crippen MR) is 83.4 cm³/mol. The number of furan rings is 1. The molecule has 3 aromatic rings. The molecule has 2 aromatic carbocycles. The SMILES string of the molecule is CNCc1cccc(NC(=O)c2cc3ccccc3o2)c1. The van der Waals surface area contributed by atoms with Crippen LogP contribution in [0.5, 0.6) is 0 Å². The van der Waals surface area contributed by atoms with Gasteiger partial charge in [0.15, 0.2) is 5.76 Å². The van der Waals surface area contributed by atoms with Crippen LogP contribution in [-0.4, -0.2) is 13.0 Å². The highest BCUT2D eigenvalue weighted by molar-refractivity contribution is 6.04. The smallest absolute Gasteiger partial charge is 0.291 e. The van der Waals surface area contributed by atoms with Gasteiger partial charge in [-0.1, -0.05) is 30.3 Å². The average Bonchev–Trinajstić information content (AvgIpc) is 2.92. The summed E-state index contributed by atoms with van der Waals surface area (Å²) in [4.78, 5) is 12.2. The molecule has 2 N–H and O–H groups in total. The zero-order valence-corrected chi connectivity index (χ0v) is 11.7. The Balaban J connectivity index is 1.80. The van der Waals surface area contributed by atoms with Crippen LogP contribution in [-0.2, 0) is 6.54 Å². The molecular weight excluding hydrogens is 264 g/mol. The molecule has 3 rings (SSSR count). The monoisotopic (exact) mass is 280 g/mol. The Bertz CT molecular complexity index is 744. The van der Waals surface area contributed by atoms with Gasteiger partial charge >= 0.3 is 0 Å². The molecule has 0 spiro atoms. The Morgan fingerprint density at radius 3 is 2.76 bits per heavy atom. The number of benzene rings is 2. The van der Waals surface area contributed by atoms with Crippen LogP contribution in [0.2, 0.25) is 0 Å². The van der Waals surface area contributed by atoms with Crippen molar-refractivity contribution in [3.05, 3.63) is 65.9 Å². The van der Waals surface area contributed by atoms with E-state index >= 15 is 0 Å². The lowest BCUT2D eigenvalue weighted by molar-refractivity contribution is 0.0998. The third kappa shape index (κ3) is 2.95. The Morgan fingerprint density at radius 2 is 1.95 bits per heavy atom. The van der Waals surface area contributed by atoms with E-state index in [4.69, 9.17) is 4.42 Å². The summed E-state index contributed by atoms with van der Waals surface area (Å²) in [7, 11) is 1.89. The van der Waals surface area contributed by atoms with Gasteiger partial charge < -0.3 is 15.1 Å². The summed E-state index contributed by atoms with van der Waals surface area (Å²) >= 11 is 0. The highest BCUT2D eigenvalue weighted by Crippen LogP contribution is 2.20. The Morgan fingerprint density at radius 1 is 1.10 bits per heavy atom. The number of hydrogen-bond acceptors (Lipinski definition) is 3. The normalized spacial score (nSPS) is 10.7. The van der Waals surface area contributed by atoms with Crippen molar-refractivity contribution in [2.75, 3.05) is 12.4 Å². The van der Waals surface area contributed by atoms with E-state index in [-0.39, 0.29) is 5.91 Å². The van der Waals surface area contributed by atoms with Crippen LogP contribution < -0.4 is 10.6 Å². The largest absolute Gasteiger partial charge is 0.451 e. The van der Waals surface area contributed by atoms with Gasteiger partial charge in [0.1, 0.15) is 5.58 Å². The third-order valence-corrected chi connectivity index (χ3v) is 3.22. The summed E-state index contributed by atoms with van der Waals surface area (Å²) in [6, 6.07) is 17.0.